The summed E-state index contributed by atoms with van der Waals surface area (Å²) >= 11 is 5.80. The van der Waals surface area contributed by atoms with E-state index >= 15 is 0 Å². The Hall–Kier alpha value is -1.59. The van der Waals surface area contributed by atoms with Gasteiger partial charge in [0.15, 0.2) is 0 Å². The van der Waals surface area contributed by atoms with Gasteiger partial charge >= 0.3 is 5.97 Å². The Labute approximate surface area is 116 Å². The van der Waals surface area contributed by atoms with Crippen molar-refractivity contribution in [3.8, 4) is 0 Å². The van der Waals surface area contributed by atoms with Gasteiger partial charge in [0.2, 0.25) is 5.91 Å². The molecule has 0 aliphatic heterocycles. The van der Waals surface area contributed by atoms with E-state index in [9.17, 15) is 9.59 Å². The molecule has 1 atom stereocenters. The van der Waals surface area contributed by atoms with Crippen LogP contribution in [0.5, 0.6) is 0 Å². The second-order valence-electron chi connectivity index (χ2n) is 4.46. The van der Waals surface area contributed by atoms with E-state index in [2.05, 4.69) is 5.32 Å². The summed E-state index contributed by atoms with van der Waals surface area (Å²) in [5, 5.41) is 11.8. The third kappa shape index (κ3) is 5.28. The highest BCUT2D eigenvalue weighted by Gasteiger charge is 2.09. The van der Waals surface area contributed by atoms with Gasteiger partial charge in [0.05, 0.1) is 5.56 Å². The topological polar surface area (TPSA) is 92.4 Å². The van der Waals surface area contributed by atoms with Gasteiger partial charge in [-0.2, -0.15) is 0 Å². The van der Waals surface area contributed by atoms with Crippen molar-refractivity contribution in [3.63, 3.8) is 0 Å². The maximum atomic E-state index is 11.7. The lowest BCUT2D eigenvalue weighted by atomic mass is 10.1. The Bertz CT molecular complexity index is 477. The highest BCUT2D eigenvalue weighted by Crippen LogP contribution is 2.19. The number of benzene rings is 1. The van der Waals surface area contributed by atoms with E-state index < -0.39 is 5.97 Å². The van der Waals surface area contributed by atoms with Crippen LogP contribution < -0.4 is 11.1 Å². The average molecular weight is 285 g/mol. The molecule has 104 valence electrons. The summed E-state index contributed by atoms with van der Waals surface area (Å²) in [4.78, 5) is 22.5. The van der Waals surface area contributed by atoms with Gasteiger partial charge in [-0.3, -0.25) is 4.79 Å². The predicted molar refractivity (Wildman–Crippen MR) is 74.5 cm³/mol. The van der Waals surface area contributed by atoms with E-state index in [1.165, 1.54) is 18.2 Å². The Morgan fingerprint density at radius 2 is 2.11 bits per heavy atom. The van der Waals surface area contributed by atoms with E-state index in [-0.39, 0.29) is 22.4 Å². The van der Waals surface area contributed by atoms with E-state index in [1.807, 2.05) is 6.92 Å². The molecule has 0 spiro atoms. The SMILES string of the molecule is CC(CN)CCC(=O)Nc1cc(Cl)cc(C(=O)O)c1. The maximum Gasteiger partial charge on any atom is 0.335 e. The Morgan fingerprint density at radius 1 is 1.42 bits per heavy atom. The van der Waals surface area contributed by atoms with Crippen LogP contribution in [0.1, 0.15) is 30.1 Å². The molecule has 0 saturated heterocycles. The molecule has 0 aliphatic rings. The number of aromatic carboxylic acids is 1. The monoisotopic (exact) mass is 284 g/mol. The molecule has 0 saturated carbocycles. The summed E-state index contributed by atoms with van der Waals surface area (Å²) in [6.07, 6.45) is 1.03. The summed E-state index contributed by atoms with van der Waals surface area (Å²) in [6, 6.07) is 4.22. The molecule has 0 aromatic heterocycles. The van der Waals surface area contributed by atoms with Crippen molar-refractivity contribution in [1.29, 1.82) is 0 Å². The fourth-order valence-electron chi connectivity index (χ4n) is 1.50. The number of carbonyl (C=O) groups is 2. The molecule has 0 fully saturated rings. The zero-order chi connectivity index (χ0) is 14.4. The Morgan fingerprint density at radius 3 is 2.68 bits per heavy atom. The summed E-state index contributed by atoms with van der Waals surface area (Å²) in [7, 11) is 0. The summed E-state index contributed by atoms with van der Waals surface area (Å²) < 4.78 is 0. The third-order valence-electron chi connectivity index (χ3n) is 2.70. The van der Waals surface area contributed by atoms with Crippen molar-refractivity contribution >= 4 is 29.2 Å². The van der Waals surface area contributed by atoms with Crippen molar-refractivity contribution < 1.29 is 14.7 Å². The first kappa shape index (κ1) is 15.5. The minimum absolute atomic E-state index is 0.0399. The van der Waals surface area contributed by atoms with Gasteiger partial charge in [0.25, 0.3) is 0 Å². The molecule has 5 nitrogen and oxygen atoms in total. The standard InChI is InChI=1S/C13H17ClN2O3/c1-8(7-15)2-3-12(17)16-11-5-9(13(18)19)4-10(14)6-11/h4-6,8H,2-3,7,15H2,1H3,(H,16,17)(H,18,19). The fourth-order valence-corrected chi connectivity index (χ4v) is 1.74. The van der Waals surface area contributed by atoms with Crippen LogP contribution in [0.25, 0.3) is 0 Å². The smallest absolute Gasteiger partial charge is 0.335 e. The van der Waals surface area contributed by atoms with E-state index in [1.54, 1.807) is 0 Å². The molecule has 6 heteroatoms. The number of nitrogens with one attached hydrogen (secondary N) is 1. The quantitative estimate of drug-likeness (QED) is 0.747. The van der Waals surface area contributed by atoms with Gasteiger partial charge in [0, 0.05) is 17.1 Å². The molecule has 1 unspecified atom stereocenters. The number of nitrogens with two attached hydrogens (primary N) is 1. The van der Waals surface area contributed by atoms with Crippen LogP contribution in [0.4, 0.5) is 5.69 Å². The zero-order valence-electron chi connectivity index (χ0n) is 10.6. The number of amides is 1. The molecule has 0 heterocycles. The second kappa shape index (κ2) is 7.11. The van der Waals surface area contributed by atoms with Crippen molar-refractivity contribution in [2.24, 2.45) is 11.7 Å². The first-order valence-electron chi connectivity index (χ1n) is 5.96. The molecule has 1 aromatic rings. The Balaban J connectivity index is 2.66. The number of hydrogen-bond donors (Lipinski definition) is 3. The lowest BCUT2D eigenvalue weighted by Crippen LogP contribution is -2.16. The molecule has 1 amide bonds. The minimum Gasteiger partial charge on any atom is -0.478 e. The van der Waals surface area contributed by atoms with Gasteiger partial charge in [-0.15, -0.1) is 0 Å². The van der Waals surface area contributed by atoms with Crippen LogP contribution in [0, 0.1) is 5.92 Å². The van der Waals surface area contributed by atoms with E-state index in [0.717, 1.165) is 0 Å². The van der Waals surface area contributed by atoms with Crippen LogP contribution in [-0.4, -0.2) is 23.5 Å². The molecular formula is C13H17ClN2O3. The number of halogens is 1. The van der Waals surface area contributed by atoms with Crippen LogP contribution in [0.3, 0.4) is 0 Å². The van der Waals surface area contributed by atoms with Gasteiger partial charge < -0.3 is 16.2 Å². The number of hydrogen-bond acceptors (Lipinski definition) is 3. The second-order valence-corrected chi connectivity index (χ2v) is 4.90. The van der Waals surface area contributed by atoms with Crippen LogP contribution in [-0.2, 0) is 4.79 Å². The lowest BCUT2D eigenvalue weighted by Gasteiger charge is -2.09. The molecule has 4 N–H and O–H groups in total. The molecule has 0 aliphatic carbocycles. The average Bonchev–Trinajstić information content (AvgIpc) is 2.35. The summed E-state index contributed by atoms with van der Waals surface area (Å²) in [5.74, 6) is -0.992. The molecule has 19 heavy (non-hydrogen) atoms. The number of rotatable bonds is 6. The van der Waals surface area contributed by atoms with Gasteiger partial charge in [-0.25, -0.2) is 4.79 Å². The molecular weight excluding hydrogens is 268 g/mol. The van der Waals surface area contributed by atoms with Crippen molar-refractivity contribution in [3.05, 3.63) is 28.8 Å². The zero-order valence-corrected chi connectivity index (χ0v) is 11.4. The number of carbonyl (C=O) groups excluding carboxylic acids is 1. The van der Waals surface area contributed by atoms with Crippen LogP contribution >= 0.6 is 11.6 Å². The first-order valence-corrected chi connectivity index (χ1v) is 6.34. The minimum atomic E-state index is -1.09. The summed E-state index contributed by atoms with van der Waals surface area (Å²) in [5.41, 5.74) is 5.89. The van der Waals surface area contributed by atoms with Crippen molar-refractivity contribution in [1.82, 2.24) is 0 Å². The predicted octanol–water partition coefficient (Wildman–Crippen LogP) is 2.35. The van der Waals surface area contributed by atoms with Crippen LogP contribution in [0.15, 0.2) is 18.2 Å². The Kier molecular flexibility index (Phi) is 5.79. The number of anilines is 1. The highest BCUT2D eigenvalue weighted by molar-refractivity contribution is 6.31. The van der Waals surface area contributed by atoms with Gasteiger partial charge in [-0.1, -0.05) is 18.5 Å². The molecule has 1 aromatic carbocycles. The number of carboxylic acids is 1. The summed E-state index contributed by atoms with van der Waals surface area (Å²) in [6.45, 7) is 2.50. The maximum absolute atomic E-state index is 11.7. The van der Waals surface area contributed by atoms with Crippen molar-refractivity contribution in [2.75, 3.05) is 11.9 Å². The van der Waals surface area contributed by atoms with E-state index in [4.69, 9.17) is 22.4 Å². The fraction of sp³-hybridized carbons (Fsp3) is 0.385. The first-order chi connectivity index (χ1) is 8.92. The van der Waals surface area contributed by atoms with Gasteiger partial charge in [-0.05, 0) is 37.1 Å². The molecule has 0 bridgehead atoms. The molecule has 0 radical (unpaired) electrons. The number of carboxylic acid groups (broad SMARTS) is 1. The largest absolute Gasteiger partial charge is 0.478 e. The van der Waals surface area contributed by atoms with Crippen molar-refractivity contribution in [2.45, 2.75) is 19.8 Å². The lowest BCUT2D eigenvalue weighted by molar-refractivity contribution is -0.116. The van der Waals surface area contributed by atoms with E-state index in [0.29, 0.717) is 25.1 Å². The third-order valence-corrected chi connectivity index (χ3v) is 2.91. The normalized spacial score (nSPS) is 11.9. The molecule has 1 rings (SSSR count). The van der Waals surface area contributed by atoms with Gasteiger partial charge in [0.1, 0.15) is 0 Å². The van der Waals surface area contributed by atoms with Crippen LogP contribution in [0.2, 0.25) is 5.02 Å². The highest BCUT2D eigenvalue weighted by atomic mass is 35.5.